The van der Waals surface area contributed by atoms with Gasteiger partial charge in [0.15, 0.2) is 0 Å². The molecule has 12 heavy (non-hydrogen) atoms. The molecular weight excluding hydrogens is 155 g/mol. The van der Waals surface area contributed by atoms with E-state index in [-0.39, 0.29) is 0 Å². The third kappa shape index (κ3) is 1.77. The van der Waals surface area contributed by atoms with Crippen LogP contribution in [-0.4, -0.2) is 55.7 Å². The standard InChI is InChI=1S/C9H17FN2/c1-11-4-8(5-11)6-12-3-2-9(10)7-12/h8-9H,2-7H2,1H3/t9-/m1/s1. The zero-order valence-corrected chi connectivity index (χ0v) is 7.67. The van der Waals surface area contributed by atoms with Gasteiger partial charge in [-0.25, -0.2) is 4.39 Å². The second-order valence-corrected chi connectivity index (χ2v) is 4.23. The molecule has 2 aliphatic rings. The van der Waals surface area contributed by atoms with E-state index >= 15 is 0 Å². The van der Waals surface area contributed by atoms with Crippen molar-refractivity contribution < 1.29 is 4.39 Å². The third-order valence-electron chi connectivity index (χ3n) is 2.87. The number of alkyl halides is 1. The van der Waals surface area contributed by atoms with Crippen LogP contribution in [0.4, 0.5) is 4.39 Å². The van der Waals surface area contributed by atoms with E-state index < -0.39 is 6.17 Å². The molecule has 0 aliphatic carbocycles. The number of nitrogens with zero attached hydrogens (tertiary/aromatic N) is 2. The molecule has 0 N–H and O–H groups in total. The SMILES string of the molecule is CN1CC(CN2CC[C@@H](F)C2)C1. The first-order valence-corrected chi connectivity index (χ1v) is 4.79. The van der Waals surface area contributed by atoms with Crippen LogP contribution in [0.3, 0.4) is 0 Å². The minimum atomic E-state index is -0.553. The molecule has 0 radical (unpaired) electrons. The maximum absolute atomic E-state index is 12.8. The van der Waals surface area contributed by atoms with Gasteiger partial charge in [0.05, 0.1) is 0 Å². The molecule has 0 aromatic carbocycles. The Hall–Kier alpha value is -0.150. The molecule has 3 heteroatoms. The van der Waals surface area contributed by atoms with Crippen molar-refractivity contribution in [2.24, 2.45) is 5.92 Å². The van der Waals surface area contributed by atoms with Crippen molar-refractivity contribution in [3.05, 3.63) is 0 Å². The summed E-state index contributed by atoms with van der Waals surface area (Å²) in [7, 11) is 2.14. The average Bonchev–Trinajstić information content (AvgIpc) is 2.33. The Morgan fingerprint density at radius 1 is 1.33 bits per heavy atom. The number of rotatable bonds is 2. The van der Waals surface area contributed by atoms with Crippen LogP contribution < -0.4 is 0 Å². The topological polar surface area (TPSA) is 6.48 Å². The highest BCUT2D eigenvalue weighted by atomic mass is 19.1. The van der Waals surface area contributed by atoms with Crippen molar-refractivity contribution >= 4 is 0 Å². The molecule has 2 rings (SSSR count). The molecule has 2 heterocycles. The van der Waals surface area contributed by atoms with Crippen molar-refractivity contribution in [3.63, 3.8) is 0 Å². The number of hydrogen-bond donors (Lipinski definition) is 0. The molecule has 0 aromatic heterocycles. The summed E-state index contributed by atoms with van der Waals surface area (Å²) >= 11 is 0. The Balaban J connectivity index is 1.67. The van der Waals surface area contributed by atoms with E-state index in [0.717, 1.165) is 25.4 Å². The maximum atomic E-state index is 12.8. The minimum Gasteiger partial charge on any atom is -0.306 e. The maximum Gasteiger partial charge on any atom is 0.114 e. The van der Waals surface area contributed by atoms with Crippen LogP contribution in [-0.2, 0) is 0 Å². The van der Waals surface area contributed by atoms with E-state index in [0.29, 0.717) is 6.54 Å². The van der Waals surface area contributed by atoms with Gasteiger partial charge in [0, 0.05) is 32.7 Å². The van der Waals surface area contributed by atoms with Crippen LogP contribution in [0.5, 0.6) is 0 Å². The van der Waals surface area contributed by atoms with Crippen LogP contribution >= 0.6 is 0 Å². The first kappa shape index (κ1) is 8.45. The van der Waals surface area contributed by atoms with E-state index in [2.05, 4.69) is 16.8 Å². The largest absolute Gasteiger partial charge is 0.306 e. The zero-order valence-electron chi connectivity index (χ0n) is 7.67. The molecular formula is C9H17FN2. The fourth-order valence-corrected chi connectivity index (χ4v) is 2.26. The molecule has 2 saturated heterocycles. The highest BCUT2D eigenvalue weighted by Crippen LogP contribution is 2.18. The van der Waals surface area contributed by atoms with Gasteiger partial charge in [-0.3, -0.25) is 4.90 Å². The highest BCUT2D eigenvalue weighted by Gasteiger charge is 2.29. The van der Waals surface area contributed by atoms with Crippen molar-refractivity contribution in [3.8, 4) is 0 Å². The predicted octanol–water partition coefficient (Wildman–Crippen LogP) is 0.592. The lowest BCUT2D eigenvalue weighted by Gasteiger charge is -2.38. The summed E-state index contributed by atoms with van der Waals surface area (Å²) in [5, 5.41) is 0. The van der Waals surface area contributed by atoms with Gasteiger partial charge >= 0.3 is 0 Å². The fourth-order valence-electron chi connectivity index (χ4n) is 2.26. The second-order valence-electron chi connectivity index (χ2n) is 4.23. The Kier molecular flexibility index (Phi) is 2.33. The third-order valence-corrected chi connectivity index (χ3v) is 2.87. The average molecular weight is 172 g/mol. The Morgan fingerprint density at radius 3 is 2.58 bits per heavy atom. The van der Waals surface area contributed by atoms with Gasteiger partial charge in [0.1, 0.15) is 6.17 Å². The molecule has 2 fully saturated rings. The number of halogens is 1. The van der Waals surface area contributed by atoms with Crippen LogP contribution in [0, 0.1) is 5.92 Å². The van der Waals surface area contributed by atoms with Crippen molar-refractivity contribution in [2.75, 3.05) is 39.8 Å². The molecule has 70 valence electrons. The smallest absolute Gasteiger partial charge is 0.114 e. The molecule has 0 aromatic rings. The highest BCUT2D eigenvalue weighted by molar-refractivity contribution is 4.83. The van der Waals surface area contributed by atoms with Crippen molar-refractivity contribution in [1.82, 2.24) is 9.80 Å². The van der Waals surface area contributed by atoms with Gasteiger partial charge in [0.2, 0.25) is 0 Å². The second kappa shape index (κ2) is 3.30. The fraction of sp³-hybridized carbons (Fsp3) is 1.00. The van der Waals surface area contributed by atoms with E-state index in [1.54, 1.807) is 0 Å². The van der Waals surface area contributed by atoms with Crippen LogP contribution in [0.15, 0.2) is 0 Å². The molecule has 0 saturated carbocycles. The van der Waals surface area contributed by atoms with Crippen LogP contribution in [0.2, 0.25) is 0 Å². The number of likely N-dealkylation sites (tertiary alicyclic amines) is 2. The summed E-state index contributed by atoms with van der Waals surface area (Å²) in [4.78, 5) is 4.58. The van der Waals surface area contributed by atoms with Gasteiger partial charge in [0.25, 0.3) is 0 Å². The molecule has 0 bridgehead atoms. The van der Waals surface area contributed by atoms with Crippen LogP contribution in [0.1, 0.15) is 6.42 Å². The molecule has 2 nitrogen and oxygen atoms in total. The van der Waals surface area contributed by atoms with E-state index in [1.807, 2.05) is 0 Å². The van der Waals surface area contributed by atoms with E-state index in [1.165, 1.54) is 13.1 Å². The monoisotopic (exact) mass is 172 g/mol. The molecule has 0 unspecified atom stereocenters. The molecule has 1 atom stereocenters. The van der Waals surface area contributed by atoms with Crippen LogP contribution in [0.25, 0.3) is 0 Å². The predicted molar refractivity (Wildman–Crippen MR) is 46.9 cm³/mol. The lowest BCUT2D eigenvalue weighted by atomic mass is 10.0. The van der Waals surface area contributed by atoms with Gasteiger partial charge in [-0.2, -0.15) is 0 Å². The summed E-state index contributed by atoms with van der Waals surface area (Å²) in [5.41, 5.74) is 0. The molecule has 2 aliphatic heterocycles. The summed E-state index contributed by atoms with van der Waals surface area (Å²) in [6.07, 6.45) is 0.200. The summed E-state index contributed by atoms with van der Waals surface area (Å²) in [6, 6.07) is 0. The Bertz CT molecular complexity index is 157. The molecule has 0 amide bonds. The van der Waals surface area contributed by atoms with Crippen molar-refractivity contribution in [1.29, 1.82) is 0 Å². The first-order chi connectivity index (χ1) is 5.74. The molecule has 0 spiro atoms. The Morgan fingerprint density at radius 2 is 2.08 bits per heavy atom. The van der Waals surface area contributed by atoms with Gasteiger partial charge in [-0.1, -0.05) is 0 Å². The lowest BCUT2D eigenvalue weighted by molar-refractivity contribution is 0.0973. The summed E-state index contributed by atoms with van der Waals surface area (Å²) in [6.45, 7) is 5.17. The van der Waals surface area contributed by atoms with Crippen molar-refractivity contribution in [2.45, 2.75) is 12.6 Å². The van der Waals surface area contributed by atoms with E-state index in [4.69, 9.17) is 0 Å². The minimum absolute atomic E-state index is 0.553. The van der Waals surface area contributed by atoms with E-state index in [9.17, 15) is 4.39 Å². The quantitative estimate of drug-likeness (QED) is 0.601. The zero-order chi connectivity index (χ0) is 8.55. The van der Waals surface area contributed by atoms with Gasteiger partial charge in [-0.15, -0.1) is 0 Å². The Labute approximate surface area is 73.3 Å². The summed E-state index contributed by atoms with van der Waals surface area (Å²) < 4.78 is 12.8. The summed E-state index contributed by atoms with van der Waals surface area (Å²) in [5.74, 6) is 0.806. The first-order valence-electron chi connectivity index (χ1n) is 4.79. The van der Waals surface area contributed by atoms with Gasteiger partial charge < -0.3 is 4.90 Å². The lowest BCUT2D eigenvalue weighted by Crippen LogP contribution is -2.48. The number of hydrogen-bond acceptors (Lipinski definition) is 2. The normalized spacial score (nSPS) is 34.0. The van der Waals surface area contributed by atoms with Gasteiger partial charge in [-0.05, 0) is 19.4 Å².